The van der Waals surface area contributed by atoms with Gasteiger partial charge in [-0.05, 0) is 30.5 Å². The second kappa shape index (κ2) is 8.52. The molecule has 0 unspecified atom stereocenters. The van der Waals surface area contributed by atoms with E-state index in [4.69, 9.17) is 4.74 Å². The summed E-state index contributed by atoms with van der Waals surface area (Å²) in [6.45, 7) is 1.08. The molecule has 26 heavy (non-hydrogen) atoms. The lowest BCUT2D eigenvalue weighted by Crippen LogP contribution is -2.38. The van der Waals surface area contributed by atoms with Gasteiger partial charge >= 0.3 is 0 Å². The molecule has 1 N–H and O–H groups in total. The first-order valence-electron chi connectivity index (χ1n) is 8.96. The number of methoxy groups -OCH3 is 1. The Morgan fingerprint density at radius 1 is 1.12 bits per heavy atom. The Balaban J connectivity index is 1.51. The highest BCUT2D eigenvalue weighted by Crippen LogP contribution is 2.27. The number of para-hydroxylation sites is 2. The van der Waals surface area contributed by atoms with E-state index < -0.39 is 0 Å². The zero-order chi connectivity index (χ0) is 18.4. The maximum Gasteiger partial charge on any atom is 0.228 e. The van der Waals surface area contributed by atoms with E-state index in [1.165, 1.54) is 5.56 Å². The second-order valence-electron chi connectivity index (χ2n) is 6.37. The maximum absolute atomic E-state index is 12.6. The van der Waals surface area contributed by atoms with Crippen molar-refractivity contribution in [1.29, 1.82) is 0 Å². The van der Waals surface area contributed by atoms with Gasteiger partial charge in [0.1, 0.15) is 5.75 Å². The van der Waals surface area contributed by atoms with Gasteiger partial charge in [0, 0.05) is 30.8 Å². The van der Waals surface area contributed by atoms with Gasteiger partial charge in [0.05, 0.1) is 13.5 Å². The Morgan fingerprint density at radius 2 is 1.88 bits per heavy atom. The Bertz CT molecular complexity index is 788. The summed E-state index contributed by atoms with van der Waals surface area (Å²) in [5.41, 5.74) is 3.06. The monoisotopic (exact) mass is 352 g/mol. The van der Waals surface area contributed by atoms with Crippen LogP contribution in [0.1, 0.15) is 24.0 Å². The number of hydrogen-bond acceptors (Lipinski definition) is 3. The van der Waals surface area contributed by atoms with Crippen LogP contribution < -0.4 is 15.0 Å². The lowest BCUT2D eigenvalue weighted by molar-refractivity contribution is -0.121. The average molecular weight is 352 g/mol. The molecule has 1 aliphatic rings. The summed E-state index contributed by atoms with van der Waals surface area (Å²) in [6, 6.07) is 15.5. The third-order valence-corrected chi connectivity index (χ3v) is 4.62. The first-order valence-corrected chi connectivity index (χ1v) is 8.96. The van der Waals surface area contributed by atoms with Gasteiger partial charge in [0.2, 0.25) is 11.8 Å². The van der Waals surface area contributed by atoms with Crippen LogP contribution in [-0.4, -0.2) is 32.0 Å². The van der Waals surface area contributed by atoms with Gasteiger partial charge in [-0.2, -0.15) is 0 Å². The van der Waals surface area contributed by atoms with Crippen molar-refractivity contribution in [2.75, 3.05) is 25.1 Å². The van der Waals surface area contributed by atoms with Crippen LogP contribution in [0.3, 0.4) is 0 Å². The smallest absolute Gasteiger partial charge is 0.228 e. The molecule has 1 heterocycles. The highest BCUT2D eigenvalue weighted by atomic mass is 16.5. The lowest BCUT2D eigenvalue weighted by Gasteiger charge is -2.29. The van der Waals surface area contributed by atoms with E-state index in [0.29, 0.717) is 18.7 Å². The molecule has 0 radical (unpaired) electrons. The van der Waals surface area contributed by atoms with E-state index in [1.807, 2.05) is 47.4 Å². The van der Waals surface area contributed by atoms with E-state index in [1.54, 1.807) is 7.11 Å². The van der Waals surface area contributed by atoms with Gasteiger partial charge in [-0.1, -0.05) is 36.4 Å². The van der Waals surface area contributed by atoms with Crippen molar-refractivity contribution < 1.29 is 14.3 Å². The summed E-state index contributed by atoms with van der Waals surface area (Å²) in [5, 5.41) is 2.83. The molecule has 2 aromatic carbocycles. The quantitative estimate of drug-likeness (QED) is 0.870. The number of anilines is 1. The van der Waals surface area contributed by atoms with Gasteiger partial charge < -0.3 is 15.0 Å². The van der Waals surface area contributed by atoms with Crippen LogP contribution in [0, 0.1) is 0 Å². The van der Waals surface area contributed by atoms with Gasteiger partial charge in [-0.3, -0.25) is 9.59 Å². The minimum atomic E-state index is -0.110. The molecule has 0 fully saturated rings. The Hall–Kier alpha value is -2.82. The number of ether oxygens (including phenoxy) is 1. The first-order chi connectivity index (χ1) is 12.7. The number of hydrogen-bond donors (Lipinski definition) is 1. The number of carbonyl (C=O) groups is 2. The number of rotatable bonds is 6. The molecule has 1 aliphatic heterocycles. The molecule has 0 bridgehead atoms. The fourth-order valence-corrected chi connectivity index (χ4v) is 3.32. The maximum atomic E-state index is 12.6. The van der Waals surface area contributed by atoms with Crippen LogP contribution in [0.15, 0.2) is 48.5 Å². The highest BCUT2D eigenvalue weighted by molar-refractivity contribution is 5.95. The normalized spacial score (nSPS) is 13.0. The molecule has 0 aromatic heterocycles. The van der Waals surface area contributed by atoms with Crippen molar-refractivity contribution in [1.82, 2.24) is 5.32 Å². The summed E-state index contributed by atoms with van der Waals surface area (Å²) in [5.74, 6) is 0.639. The van der Waals surface area contributed by atoms with E-state index >= 15 is 0 Å². The number of aryl methyl sites for hydroxylation is 1. The summed E-state index contributed by atoms with van der Waals surface area (Å²) >= 11 is 0. The summed E-state index contributed by atoms with van der Waals surface area (Å²) < 4.78 is 5.26. The number of nitrogens with zero attached hydrogens (tertiary/aromatic N) is 1. The molecule has 2 aromatic rings. The van der Waals surface area contributed by atoms with Crippen molar-refractivity contribution in [3.8, 4) is 5.75 Å². The number of fused-ring (bicyclic) bond motifs is 1. The minimum Gasteiger partial charge on any atom is -0.496 e. The Labute approximate surface area is 154 Å². The predicted octanol–water partition coefficient (Wildman–Crippen LogP) is 2.72. The average Bonchev–Trinajstić information content (AvgIpc) is 2.68. The van der Waals surface area contributed by atoms with Gasteiger partial charge in [0.25, 0.3) is 0 Å². The molecule has 2 amide bonds. The molecule has 5 heteroatoms. The van der Waals surface area contributed by atoms with E-state index in [9.17, 15) is 9.59 Å². The fraction of sp³-hybridized carbons (Fsp3) is 0.333. The largest absolute Gasteiger partial charge is 0.496 e. The number of carbonyl (C=O) groups excluding carboxylic acids is 2. The third kappa shape index (κ3) is 4.23. The molecular weight excluding hydrogens is 328 g/mol. The third-order valence-electron chi connectivity index (χ3n) is 4.62. The van der Waals surface area contributed by atoms with Gasteiger partial charge in [-0.25, -0.2) is 0 Å². The van der Waals surface area contributed by atoms with Gasteiger partial charge in [0.15, 0.2) is 0 Å². The van der Waals surface area contributed by atoms with E-state index in [-0.39, 0.29) is 18.2 Å². The first kappa shape index (κ1) is 18.0. The van der Waals surface area contributed by atoms with Crippen molar-refractivity contribution in [3.63, 3.8) is 0 Å². The standard InChI is InChI=1S/C21H24N2O3/c1-26-19-11-5-3-8-17(19)15-20(24)22-13-12-21(25)23-14-6-9-16-7-2-4-10-18(16)23/h2-5,7-8,10-11H,6,9,12-15H2,1H3,(H,22,24). The predicted molar refractivity (Wildman–Crippen MR) is 101 cm³/mol. The van der Waals surface area contributed by atoms with Crippen LogP contribution in [0.4, 0.5) is 5.69 Å². The zero-order valence-electron chi connectivity index (χ0n) is 15.0. The molecule has 3 rings (SSSR count). The second-order valence-corrected chi connectivity index (χ2v) is 6.37. The molecule has 0 saturated heterocycles. The molecule has 5 nitrogen and oxygen atoms in total. The van der Waals surface area contributed by atoms with Crippen LogP contribution >= 0.6 is 0 Å². The topological polar surface area (TPSA) is 58.6 Å². The lowest BCUT2D eigenvalue weighted by atomic mass is 10.0. The summed E-state index contributed by atoms with van der Waals surface area (Å²) in [7, 11) is 1.59. The van der Waals surface area contributed by atoms with E-state index in [2.05, 4.69) is 11.4 Å². The van der Waals surface area contributed by atoms with E-state index in [0.717, 1.165) is 30.6 Å². The van der Waals surface area contributed by atoms with Crippen LogP contribution in [0.5, 0.6) is 5.75 Å². The van der Waals surface area contributed by atoms with Gasteiger partial charge in [-0.15, -0.1) is 0 Å². The molecular formula is C21H24N2O3. The fourth-order valence-electron chi connectivity index (χ4n) is 3.32. The number of amides is 2. The Morgan fingerprint density at radius 3 is 2.73 bits per heavy atom. The summed E-state index contributed by atoms with van der Waals surface area (Å²) in [4.78, 5) is 26.5. The molecule has 0 saturated carbocycles. The van der Waals surface area contributed by atoms with Crippen LogP contribution in [0.2, 0.25) is 0 Å². The molecule has 0 atom stereocenters. The van der Waals surface area contributed by atoms with Crippen LogP contribution in [-0.2, 0) is 22.4 Å². The molecule has 136 valence electrons. The Kier molecular flexibility index (Phi) is 5.89. The van der Waals surface area contributed by atoms with Crippen LogP contribution in [0.25, 0.3) is 0 Å². The minimum absolute atomic E-state index is 0.0507. The zero-order valence-corrected chi connectivity index (χ0v) is 15.0. The van der Waals surface area contributed by atoms with Crippen molar-refractivity contribution in [2.24, 2.45) is 0 Å². The van der Waals surface area contributed by atoms with Crippen molar-refractivity contribution in [2.45, 2.75) is 25.7 Å². The number of nitrogens with one attached hydrogen (secondary N) is 1. The van der Waals surface area contributed by atoms with Crippen molar-refractivity contribution in [3.05, 3.63) is 59.7 Å². The molecule has 0 spiro atoms. The molecule has 0 aliphatic carbocycles. The SMILES string of the molecule is COc1ccccc1CC(=O)NCCC(=O)N1CCCc2ccccc21. The van der Waals surface area contributed by atoms with Crippen molar-refractivity contribution >= 4 is 17.5 Å². The number of benzene rings is 2. The summed E-state index contributed by atoms with van der Waals surface area (Å²) in [6.07, 6.45) is 2.52. The highest BCUT2D eigenvalue weighted by Gasteiger charge is 2.21.